The van der Waals surface area contributed by atoms with E-state index in [4.69, 9.17) is 4.74 Å². The van der Waals surface area contributed by atoms with E-state index in [1.54, 1.807) is 13.1 Å². The molecule has 2 aromatic rings. The molecule has 0 saturated carbocycles. The molecular formula is C17H20N2O3. The van der Waals surface area contributed by atoms with Gasteiger partial charge in [0.25, 0.3) is 0 Å². The van der Waals surface area contributed by atoms with E-state index in [0.29, 0.717) is 13.2 Å². The first-order valence-electron chi connectivity index (χ1n) is 7.34. The van der Waals surface area contributed by atoms with Gasteiger partial charge in [0.1, 0.15) is 6.42 Å². The number of carbonyl (C=O) groups excluding carboxylic acids is 2. The average molecular weight is 300 g/mol. The van der Waals surface area contributed by atoms with Crippen LogP contribution in [0.2, 0.25) is 0 Å². The van der Waals surface area contributed by atoms with Gasteiger partial charge in [-0.05, 0) is 37.3 Å². The Morgan fingerprint density at radius 1 is 1.32 bits per heavy atom. The molecule has 0 fully saturated rings. The van der Waals surface area contributed by atoms with Crippen molar-refractivity contribution in [2.75, 3.05) is 13.2 Å². The number of hydrogen-bond donors (Lipinski definition) is 2. The summed E-state index contributed by atoms with van der Waals surface area (Å²) < 4.78 is 4.71. The minimum atomic E-state index is -0.490. The van der Waals surface area contributed by atoms with Crippen molar-refractivity contribution in [1.29, 1.82) is 0 Å². The molecule has 5 heteroatoms. The van der Waals surface area contributed by atoms with Gasteiger partial charge in [-0.3, -0.25) is 9.59 Å². The van der Waals surface area contributed by atoms with Crippen LogP contribution in [-0.2, 0) is 20.7 Å². The maximum absolute atomic E-state index is 11.5. The lowest BCUT2D eigenvalue weighted by Gasteiger charge is -2.01. The van der Waals surface area contributed by atoms with Crippen LogP contribution >= 0.6 is 0 Å². The maximum atomic E-state index is 11.5. The second-order valence-corrected chi connectivity index (χ2v) is 4.85. The molecule has 1 heterocycles. The van der Waals surface area contributed by atoms with E-state index in [-0.39, 0.29) is 12.2 Å². The topological polar surface area (TPSA) is 71.2 Å². The van der Waals surface area contributed by atoms with Crippen molar-refractivity contribution in [3.63, 3.8) is 0 Å². The number of rotatable bonds is 8. The number of carbonyl (C=O) groups is 2. The molecule has 0 amide bonds. The van der Waals surface area contributed by atoms with Crippen LogP contribution in [0.4, 0.5) is 0 Å². The number of ether oxygens (including phenoxy) is 1. The molecule has 0 spiro atoms. The number of aromatic amines is 1. The molecule has 0 saturated heterocycles. The Kier molecular flexibility index (Phi) is 5.77. The first-order chi connectivity index (χ1) is 10.7. The fourth-order valence-corrected chi connectivity index (χ4v) is 2.19. The Morgan fingerprint density at radius 2 is 2.14 bits per heavy atom. The molecule has 0 aliphatic carbocycles. The first kappa shape index (κ1) is 15.8. The highest BCUT2D eigenvalue weighted by atomic mass is 16.5. The summed E-state index contributed by atoms with van der Waals surface area (Å²) in [4.78, 5) is 25.8. The van der Waals surface area contributed by atoms with Crippen LogP contribution < -0.4 is 5.32 Å². The third-order valence-corrected chi connectivity index (χ3v) is 3.22. The number of H-pyrrole nitrogens is 1. The molecule has 1 aromatic heterocycles. The molecule has 1 aromatic carbocycles. The summed E-state index contributed by atoms with van der Waals surface area (Å²) in [6, 6.07) is 8.14. The number of benzene rings is 1. The quantitative estimate of drug-likeness (QED) is 0.340. The molecule has 2 rings (SSSR count). The Bertz CT molecular complexity index is 673. The lowest BCUT2D eigenvalue weighted by molar-refractivity contribution is -0.144. The Labute approximate surface area is 129 Å². The van der Waals surface area contributed by atoms with Crippen molar-refractivity contribution in [3.8, 4) is 0 Å². The molecule has 0 aliphatic heterocycles. The van der Waals surface area contributed by atoms with E-state index in [1.165, 1.54) is 17.0 Å². The summed E-state index contributed by atoms with van der Waals surface area (Å²) in [7, 11) is 0. The Hall–Kier alpha value is -2.56. The largest absolute Gasteiger partial charge is 0.466 e. The van der Waals surface area contributed by atoms with Crippen LogP contribution in [0.25, 0.3) is 10.9 Å². The minimum absolute atomic E-state index is 0.214. The van der Waals surface area contributed by atoms with Gasteiger partial charge in [-0.25, -0.2) is 0 Å². The highest BCUT2D eigenvalue weighted by molar-refractivity contribution is 6.01. The van der Waals surface area contributed by atoms with Crippen molar-refractivity contribution < 1.29 is 14.3 Å². The maximum Gasteiger partial charge on any atom is 0.313 e. The van der Waals surface area contributed by atoms with Crippen LogP contribution in [-0.4, -0.2) is 29.9 Å². The van der Waals surface area contributed by atoms with Crippen LogP contribution in [0, 0.1) is 0 Å². The van der Waals surface area contributed by atoms with Gasteiger partial charge in [-0.1, -0.05) is 18.2 Å². The average Bonchev–Trinajstić information content (AvgIpc) is 2.90. The zero-order valence-electron chi connectivity index (χ0n) is 12.6. The standard InChI is InChI=1S/C17H20N2O3/c1-2-22-17(21)11-14(20)8-10-18-9-7-13-12-19-16-6-4-3-5-15(13)16/h3-6,8,10,12,18-19H,2,7,9,11H2,1H3/b10-8-. The summed E-state index contributed by atoms with van der Waals surface area (Å²) in [5.74, 6) is -0.756. The molecular weight excluding hydrogens is 280 g/mol. The smallest absolute Gasteiger partial charge is 0.313 e. The zero-order valence-corrected chi connectivity index (χ0v) is 12.6. The second-order valence-electron chi connectivity index (χ2n) is 4.85. The highest BCUT2D eigenvalue weighted by Gasteiger charge is 2.06. The molecule has 0 bridgehead atoms. The van der Waals surface area contributed by atoms with Gasteiger partial charge in [-0.2, -0.15) is 0 Å². The first-order valence-corrected chi connectivity index (χ1v) is 7.34. The van der Waals surface area contributed by atoms with Crippen LogP contribution in [0.5, 0.6) is 0 Å². The number of para-hydroxylation sites is 1. The highest BCUT2D eigenvalue weighted by Crippen LogP contribution is 2.17. The Morgan fingerprint density at radius 3 is 2.95 bits per heavy atom. The number of hydrogen-bond acceptors (Lipinski definition) is 4. The number of nitrogens with one attached hydrogen (secondary N) is 2. The van der Waals surface area contributed by atoms with Crippen LogP contribution in [0.3, 0.4) is 0 Å². The molecule has 0 unspecified atom stereocenters. The predicted molar refractivity (Wildman–Crippen MR) is 85.4 cm³/mol. The SMILES string of the molecule is CCOC(=O)CC(=O)/C=C\NCCc1c[nH]c2ccccc12. The number of allylic oxidation sites excluding steroid dienone is 1. The van der Waals surface area contributed by atoms with Gasteiger partial charge in [-0.15, -0.1) is 0 Å². The predicted octanol–water partition coefficient (Wildman–Crippen LogP) is 2.34. The monoisotopic (exact) mass is 300 g/mol. The molecule has 22 heavy (non-hydrogen) atoms. The molecule has 0 atom stereocenters. The summed E-state index contributed by atoms with van der Waals surface area (Å²) in [5, 5.41) is 4.27. The molecule has 5 nitrogen and oxygen atoms in total. The van der Waals surface area contributed by atoms with Gasteiger partial charge in [0.2, 0.25) is 0 Å². The van der Waals surface area contributed by atoms with Gasteiger partial charge >= 0.3 is 5.97 Å². The third kappa shape index (κ3) is 4.48. The van der Waals surface area contributed by atoms with Crippen LogP contribution in [0.15, 0.2) is 42.7 Å². The zero-order chi connectivity index (χ0) is 15.8. The van der Waals surface area contributed by atoms with Crippen molar-refractivity contribution in [1.82, 2.24) is 10.3 Å². The van der Waals surface area contributed by atoms with E-state index >= 15 is 0 Å². The van der Waals surface area contributed by atoms with Crippen molar-refractivity contribution >= 4 is 22.7 Å². The number of fused-ring (bicyclic) bond motifs is 1. The van der Waals surface area contributed by atoms with Crippen molar-refractivity contribution in [2.24, 2.45) is 0 Å². The number of ketones is 1. The van der Waals surface area contributed by atoms with E-state index in [9.17, 15) is 9.59 Å². The van der Waals surface area contributed by atoms with Crippen LogP contribution in [0.1, 0.15) is 18.9 Å². The normalized spacial score (nSPS) is 11.0. The van der Waals surface area contributed by atoms with Gasteiger partial charge < -0.3 is 15.0 Å². The van der Waals surface area contributed by atoms with E-state index in [1.807, 2.05) is 24.4 Å². The molecule has 116 valence electrons. The second kappa shape index (κ2) is 8.02. The van der Waals surface area contributed by atoms with Crippen molar-refractivity contribution in [3.05, 3.63) is 48.3 Å². The lowest BCUT2D eigenvalue weighted by atomic mass is 10.1. The van der Waals surface area contributed by atoms with Crippen molar-refractivity contribution in [2.45, 2.75) is 19.8 Å². The fraction of sp³-hybridized carbons (Fsp3) is 0.294. The number of aromatic nitrogens is 1. The summed E-state index contributed by atoms with van der Waals surface area (Å²) in [5.41, 5.74) is 2.35. The summed E-state index contributed by atoms with van der Waals surface area (Å²) >= 11 is 0. The third-order valence-electron chi connectivity index (χ3n) is 3.22. The fourth-order valence-electron chi connectivity index (χ4n) is 2.19. The molecule has 2 N–H and O–H groups in total. The van der Waals surface area contributed by atoms with Gasteiger partial charge in [0.15, 0.2) is 5.78 Å². The van der Waals surface area contributed by atoms with Gasteiger partial charge in [0, 0.05) is 23.6 Å². The van der Waals surface area contributed by atoms with E-state index in [0.717, 1.165) is 11.9 Å². The summed E-state index contributed by atoms with van der Waals surface area (Å²) in [6.45, 7) is 2.72. The minimum Gasteiger partial charge on any atom is -0.466 e. The van der Waals surface area contributed by atoms with Gasteiger partial charge in [0.05, 0.1) is 6.61 Å². The van der Waals surface area contributed by atoms with E-state index in [2.05, 4.69) is 16.4 Å². The lowest BCUT2D eigenvalue weighted by Crippen LogP contribution is -2.12. The summed E-state index contributed by atoms with van der Waals surface area (Å²) in [6.07, 6.45) is 5.58. The van der Waals surface area contributed by atoms with E-state index < -0.39 is 5.97 Å². The molecule has 0 radical (unpaired) electrons. The Balaban J connectivity index is 1.74. The number of esters is 1. The molecule has 0 aliphatic rings.